The van der Waals surface area contributed by atoms with Crippen molar-refractivity contribution in [3.05, 3.63) is 84.2 Å². The highest BCUT2D eigenvalue weighted by Gasteiger charge is 2.23. The lowest BCUT2D eigenvalue weighted by atomic mass is 9.97. The molecule has 0 aliphatic heterocycles. The number of carbonyl (C=O) groups is 1. The Kier molecular flexibility index (Phi) is 7.17. The molecule has 32 heavy (non-hydrogen) atoms. The average molecular weight is 431 g/mol. The molecule has 1 fully saturated rings. The first-order valence-electron chi connectivity index (χ1n) is 11.3. The molecule has 1 amide bonds. The van der Waals surface area contributed by atoms with Crippen LogP contribution in [0, 0.1) is 0 Å². The zero-order valence-corrected chi connectivity index (χ0v) is 18.4. The summed E-state index contributed by atoms with van der Waals surface area (Å²) in [6, 6.07) is 20.1. The molecule has 5 heteroatoms. The van der Waals surface area contributed by atoms with Gasteiger partial charge >= 0.3 is 0 Å². The Morgan fingerprint density at radius 2 is 1.91 bits per heavy atom. The second kappa shape index (κ2) is 10.4. The third kappa shape index (κ3) is 6.17. The number of nitrogens with zero attached hydrogens (tertiary/aromatic N) is 1. The SMILES string of the molecule is C[C@H](Oc1ccc(-c2ccccc2CC(=O)NC2CC2)cc1)[C@H](O)CCc1cccnc1. The Hall–Kier alpha value is -3.18. The minimum Gasteiger partial charge on any atom is -0.488 e. The average Bonchev–Trinajstić information content (AvgIpc) is 3.63. The van der Waals surface area contributed by atoms with Crippen LogP contribution in [0.15, 0.2) is 73.1 Å². The van der Waals surface area contributed by atoms with Gasteiger partial charge in [-0.05, 0) is 73.1 Å². The van der Waals surface area contributed by atoms with Gasteiger partial charge in [-0.1, -0.05) is 42.5 Å². The van der Waals surface area contributed by atoms with E-state index in [4.69, 9.17) is 4.74 Å². The van der Waals surface area contributed by atoms with Crippen molar-refractivity contribution >= 4 is 5.91 Å². The van der Waals surface area contributed by atoms with Gasteiger partial charge in [-0.15, -0.1) is 0 Å². The van der Waals surface area contributed by atoms with Crippen molar-refractivity contribution in [2.45, 2.75) is 57.3 Å². The van der Waals surface area contributed by atoms with E-state index >= 15 is 0 Å². The summed E-state index contributed by atoms with van der Waals surface area (Å²) in [6.07, 6.45) is 6.60. The molecular weight excluding hydrogens is 400 g/mol. The van der Waals surface area contributed by atoms with Gasteiger partial charge in [0, 0.05) is 18.4 Å². The number of aromatic nitrogens is 1. The summed E-state index contributed by atoms with van der Waals surface area (Å²) < 4.78 is 5.97. The zero-order chi connectivity index (χ0) is 22.3. The number of aliphatic hydroxyl groups is 1. The topological polar surface area (TPSA) is 71.5 Å². The van der Waals surface area contributed by atoms with Gasteiger partial charge in [0.05, 0.1) is 12.5 Å². The normalized spacial score (nSPS) is 15.1. The minimum atomic E-state index is -0.569. The predicted octanol–water partition coefficient (Wildman–Crippen LogP) is 4.33. The van der Waals surface area contributed by atoms with Gasteiger partial charge in [0.1, 0.15) is 11.9 Å². The lowest BCUT2D eigenvalue weighted by molar-refractivity contribution is -0.120. The third-order valence-corrected chi connectivity index (χ3v) is 5.79. The monoisotopic (exact) mass is 430 g/mol. The molecule has 1 aliphatic rings. The molecule has 166 valence electrons. The van der Waals surface area contributed by atoms with Crippen LogP contribution in [0.25, 0.3) is 11.1 Å². The molecule has 4 rings (SSSR count). The molecule has 1 saturated carbocycles. The summed E-state index contributed by atoms with van der Waals surface area (Å²) in [6.45, 7) is 1.88. The van der Waals surface area contributed by atoms with Gasteiger partial charge in [0.15, 0.2) is 0 Å². The number of ether oxygens (including phenoxy) is 1. The zero-order valence-electron chi connectivity index (χ0n) is 18.4. The number of amides is 1. The van der Waals surface area contributed by atoms with E-state index in [0.29, 0.717) is 24.6 Å². The van der Waals surface area contributed by atoms with Crippen LogP contribution in [0.4, 0.5) is 0 Å². The summed E-state index contributed by atoms with van der Waals surface area (Å²) in [7, 11) is 0. The van der Waals surface area contributed by atoms with Crippen LogP contribution in [-0.2, 0) is 17.6 Å². The quantitative estimate of drug-likeness (QED) is 0.502. The van der Waals surface area contributed by atoms with Crippen molar-refractivity contribution in [2.24, 2.45) is 0 Å². The summed E-state index contributed by atoms with van der Waals surface area (Å²) in [5.41, 5.74) is 4.21. The van der Waals surface area contributed by atoms with Crippen molar-refractivity contribution in [3.63, 3.8) is 0 Å². The number of pyridine rings is 1. The molecule has 0 unspecified atom stereocenters. The van der Waals surface area contributed by atoms with E-state index in [1.54, 1.807) is 6.20 Å². The molecular formula is C27H30N2O3. The largest absolute Gasteiger partial charge is 0.488 e. The van der Waals surface area contributed by atoms with E-state index in [9.17, 15) is 9.90 Å². The molecule has 0 bridgehead atoms. The molecule has 2 aromatic carbocycles. The van der Waals surface area contributed by atoms with Crippen molar-refractivity contribution in [3.8, 4) is 16.9 Å². The van der Waals surface area contributed by atoms with E-state index in [-0.39, 0.29) is 12.0 Å². The number of aliphatic hydroxyl groups excluding tert-OH is 1. The van der Waals surface area contributed by atoms with Crippen LogP contribution in [0.3, 0.4) is 0 Å². The molecule has 0 saturated heterocycles. The molecule has 3 aromatic rings. The maximum atomic E-state index is 12.3. The number of hydrogen-bond donors (Lipinski definition) is 2. The summed E-state index contributed by atoms with van der Waals surface area (Å²) in [4.78, 5) is 16.4. The number of aryl methyl sites for hydroxylation is 1. The Balaban J connectivity index is 1.35. The van der Waals surface area contributed by atoms with Crippen LogP contribution in [0.2, 0.25) is 0 Å². The Morgan fingerprint density at radius 1 is 1.12 bits per heavy atom. The van der Waals surface area contributed by atoms with E-state index < -0.39 is 6.10 Å². The van der Waals surface area contributed by atoms with Gasteiger partial charge in [-0.3, -0.25) is 9.78 Å². The standard InChI is InChI=1S/C27H30N2O3/c1-19(26(30)15-8-20-5-4-16-28-18-20)32-24-13-9-21(10-14-24)25-7-3-2-6-22(25)17-27(31)29-23-11-12-23/h2-7,9-10,13-14,16,18-19,23,26,30H,8,11-12,15,17H2,1H3,(H,29,31)/t19-,26+/m0/s1. The molecule has 1 aliphatic carbocycles. The van der Waals surface area contributed by atoms with Crippen molar-refractivity contribution in [2.75, 3.05) is 0 Å². The summed E-state index contributed by atoms with van der Waals surface area (Å²) in [5.74, 6) is 0.791. The second-order valence-electron chi connectivity index (χ2n) is 8.49. The third-order valence-electron chi connectivity index (χ3n) is 5.79. The van der Waals surface area contributed by atoms with Gasteiger partial charge in [-0.2, -0.15) is 0 Å². The predicted molar refractivity (Wildman–Crippen MR) is 125 cm³/mol. The fourth-order valence-corrected chi connectivity index (χ4v) is 3.74. The van der Waals surface area contributed by atoms with Crippen molar-refractivity contribution in [1.82, 2.24) is 10.3 Å². The van der Waals surface area contributed by atoms with Crippen LogP contribution < -0.4 is 10.1 Å². The van der Waals surface area contributed by atoms with Crippen molar-refractivity contribution < 1.29 is 14.6 Å². The molecule has 1 heterocycles. The number of nitrogens with one attached hydrogen (secondary N) is 1. The summed E-state index contributed by atoms with van der Waals surface area (Å²) in [5, 5.41) is 13.5. The fourth-order valence-electron chi connectivity index (χ4n) is 3.74. The first-order chi connectivity index (χ1) is 15.6. The van der Waals surface area contributed by atoms with Gasteiger partial charge in [0.2, 0.25) is 5.91 Å². The molecule has 0 spiro atoms. The Labute approximate surface area is 189 Å². The van der Waals surface area contributed by atoms with E-state index in [0.717, 1.165) is 41.5 Å². The second-order valence-corrected chi connectivity index (χ2v) is 8.49. The molecule has 2 atom stereocenters. The molecule has 0 radical (unpaired) electrons. The first kappa shape index (κ1) is 22.0. The van der Waals surface area contributed by atoms with Crippen molar-refractivity contribution in [1.29, 1.82) is 0 Å². The molecule has 2 N–H and O–H groups in total. The molecule has 5 nitrogen and oxygen atoms in total. The molecule has 1 aromatic heterocycles. The lowest BCUT2D eigenvalue weighted by Gasteiger charge is -2.21. The van der Waals surface area contributed by atoms with Gasteiger partial charge in [-0.25, -0.2) is 0 Å². The Bertz CT molecular complexity index is 1020. The maximum Gasteiger partial charge on any atom is 0.224 e. The highest BCUT2D eigenvalue weighted by Crippen LogP contribution is 2.27. The van der Waals surface area contributed by atoms with E-state index in [2.05, 4.69) is 10.3 Å². The van der Waals surface area contributed by atoms with Crippen LogP contribution >= 0.6 is 0 Å². The first-order valence-corrected chi connectivity index (χ1v) is 11.3. The summed E-state index contributed by atoms with van der Waals surface area (Å²) >= 11 is 0. The lowest BCUT2D eigenvalue weighted by Crippen LogP contribution is -2.29. The number of hydrogen-bond acceptors (Lipinski definition) is 4. The van der Waals surface area contributed by atoms with Crippen LogP contribution in [-0.4, -0.2) is 34.2 Å². The minimum absolute atomic E-state index is 0.0778. The highest BCUT2D eigenvalue weighted by molar-refractivity contribution is 5.82. The number of rotatable bonds is 10. The number of benzene rings is 2. The highest BCUT2D eigenvalue weighted by atomic mass is 16.5. The van der Waals surface area contributed by atoms with Crippen LogP contribution in [0.1, 0.15) is 37.3 Å². The van der Waals surface area contributed by atoms with E-state index in [1.165, 1.54) is 0 Å². The van der Waals surface area contributed by atoms with E-state index in [1.807, 2.05) is 73.8 Å². The maximum absolute atomic E-state index is 12.3. The van der Waals surface area contributed by atoms with Gasteiger partial charge < -0.3 is 15.2 Å². The fraction of sp³-hybridized carbons (Fsp3) is 0.333. The Morgan fingerprint density at radius 3 is 2.62 bits per heavy atom. The smallest absolute Gasteiger partial charge is 0.224 e. The van der Waals surface area contributed by atoms with Crippen LogP contribution in [0.5, 0.6) is 5.75 Å². The van der Waals surface area contributed by atoms with Gasteiger partial charge in [0.25, 0.3) is 0 Å². The number of carbonyl (C=O) groups excluding carboxylic acids is 1.